The van der Waals surface area contributed by atoms with Crippen LogP contribution in [0.25, 0.3) is 0 Å². The van der Waals surface area contributed by atoms with Gasteiger partial charge in [-0.15, -0.1) is 0 Å². The van der Waals surface area contributed by atoms with Gasteiger partial charge in [0.05, 0.1) is 0 Å². The minimum Gasteiger partial charge on any atom is -0.358 e. The molecule has 0 atom stereocenters. The van der Waals surface area contributed by atoms with Crippen molar-refractivity contribution in [3.8, 4) is 0 Å². The molecular formula is C14H15N3S. The lowest BCUT2D eigenvalue weighted by Crippen LogP contribution is -2.28. The average molecular weight is 257 g/mol. The maximum absolute atomic E-state index is 5.22. The topological polar surface area (TPSA) is 37.0 Å². The third kappa shape index (κ3) is 3.82. The number of pyridine rings is 1. The number of nitrogens with zero attached hydrogens (tertiary/aromatic N) is 1. The highest BCUT2D eigenvalue weighted by molar-refractivity contribution is 7.80. The van der Waals surface area contributed by atoms with Gasteiger partial charge in [-0.3, -0.25) is 0 Å². The van der Waals surface area contributed by atoms with Crippen molar-refractivity contribution in [2.75, 3.05) is 5.32 Å². The molecule has 0 bridgehead atoms. The molecule has 0 radical (unpaired) electrons. The van der Waals surface area contributed by atoms with Crippen LogP contribution in [0.4, 0.5) is 5.82 Å². The summed E-state index contributed by atoms with van der Waals surface area (Å²) in [5, 5.41) is 6.79. The summed E-state index contributed by atoms with van der Waals surface area (Å²) >= 11 is 5.22. The van der Waals surface area contributed by atoms with Gasteiger partial charge in [0.2, 0.25) is 0 Å². The third-order valence-corrected chi connectivity index (χ3v) is 2.70. The Labute approximate surface area is 112 Å². The highest BCUT2D eigenvalue weighted by Crippen LogP contribution is 2.05. The van der Waals surface area contributed by atoms with E-state index in [-0.39, 0.29) is 0 Å². The number of aryl methyl sites for hydroxylation is 1. The van der Waals surface area contributed by atoms with E-state index in [9.17, 15) is 0 Å². The van der Waals surface area contributed by atoms with Crippen molar-refractivity contribution < 1.29 is 0 Å². The first-order chi connectivity index (χ1) is 8.74. The highest BCUT2D eigenvalue weighted by atomic mass is 32.1. The van der Waals surface area contributed by atoms with E-state index in [0.717, 1.165) is 11.4 Å². The quantitative estimate of drug-likeness (QED) is 0.829. The lowest BCUT2D eigenvalue weighted by molar-refractivity contribution is 0.925. The first-order valence-corrected chi connectivity index (χ1v) is 6.16. The van der Waals surface area contributed by atoms with E-state index in [4.69, 9.17) is 12.2 Å². The molecule has 2 aromatic rings. The van der Waals surface area contributed by atoms with E-state index in [2.05, 4.69) is 27.8 Å². The Kier molecular flexibility index (Phi) is 4.25. The van der Waals surface area contributed by atoms with Crippen LogP contribution in [0.1, 0.15) is 11.1 Å². The van der Waals surface area contributed by atoms with E-state index in [1.165, 1.54) is 5.56 Å². The van der Waals surface area contributed by atoms with Crippen LogP contribution in [0, 0.1) is 6.92 Å². The van der Waals surface area contributed by atoms with Crippen LogP contribution >= 0.6 is 12.2 Å². The van der Waals surface area contributed by atoms with E-state index in [1.54, 1.807) is 6.20 Å². The largest absolute Gasteiger partial charge is 0.358 e. The van der Waals surface area contributed by atoms with Gasteiger partial charge in [0.25, 0.3) is 0 Å². The molecule has 0 aliphatic rings. The number of nitrogens with one attached hydrogen (secondary N) is 2. The Morgan fingerprint density at radius 2 is 2.00 bits per heavy atom. The van der Waals surface area contributed by atoms with E-state index in [0.29, 0.717) is 11.7 Å². The zero-order chi connectivity index (χ0) is 12.8. The summed E-state index contributed by atoms with van der Waals surface area (Å²) in [5.41, 5.74) is 2.34. The second-order valence-corrected chi connectivity index (χ2v) is 4.42. The van der Waals surface area contributed by atoms with E-state index < -0.39 is 0 Å². The standard InChI is InChI=1S/C14H15N3S/c1-11-7-8-15-13(9-11)17-14(18)16-10-12-5-3-2-4-6-12/h2-9H,10H2,1H3,(H2,15,16,17,18). The number of hydrogen-bond acceptors (Lipinski definition) is 2. The molecule has 0 saturated heterocycles. The molecule has 3 nitrogen and oxygen atoms in total. The molecule has 1 heterocycles. The molecule has 18 heavy (non-hydrogen) atoms. The summed E-state index contributed by atoms with van der Waals surface area (Å²) in [7, 11) is 0. The number of benzene rings is 1. The predicted molar refractivity (Wildman–Crippen MR) is 78.5 cm³/mol. The fourth-order valence-electron chi connectivity index (χ4n) is 1.54. The van der Waals surface area contributed by atoms with Crippen molar-refractivity contribution in [1.82, 2.24) is 10.3 Å². The summed E-state index contributed by atoms with van der Waals surface area (Å²) in [5.74, 6) is 0.764. The summed E-state index contributed by atoms with van der Waals surface area (Å²) in [6, 6.07) is 14.0. The maximum atomic E-state index is 5.22. The molecule has 1 aromatic carbocycles. The van der Waals surface area contributed by atoms with Gasteiger partial charge in [0.15, 0.2) is 5.11 Å². The fourth-order valence-corrected chi connectivity index (χ4v) is 1.72. The lowest BCUT2D eigenvalue weighted by atomic mass is 10.2. The predicted octanol–water partition coefficient (Wildman–Crippen LogP) is 2.88. The molecule has 2 N–H and O–H groups in total. The monoisotopic (exact) mass is 257 g/mol. The minimum atomic E-state index is 0.581. The molecule has 0 fully saturated rings. The van der Waals surface area contributed by atoms with Crippen LogP contribution in [0.5, 0.6) is 0 Å². The van der Waals surface area contributed by atoms with Gasteiger partial charge in [0.1, 0.15) is 5.82 Å². The smallest absolute Gasteiger partial charge is 0.172 e. The number of anilines is 1. The highest BCUT2D eigenvalue weighted by Gasteiger charge is 1.98. The normalized spacial score (nSPS) is 9.83. The Hall–Kier alpha value is -1.94. The number of rotatable bonds is 3. The second-order valence-electron chi connectivity index (χ2n) is 4.01. The zero-order valence-electron chi connectivity index (χ0n) is 10.2. The van der Waals surface area contributed by atoms with Gasteiger partial charge >= 0.3 is 0 Å². The molecule has 0 spiro atoms. The van der Waals surface area contributed by atoms with E-state index in [1.807, 2.05) is 37.3 Å². The van der Waals surface area contributed by atoms with E-state index >= 15 is 0 Å². The summed E-state index contributed by atoms with van der Waals surface area (Å²) in [4.78, 5) is 4.20. The molecule has 1 aromatic heterocycles. The molecule has 92 valence electrons. The van der Waals surface area contributed by atoms with Crippen LogP contribution in [0.15, 0.2) is 48.7 Å². The van der Waals surface area contributed by atoms with Crippen molar-refractivity contribution in [2.24, 2.45) is 0 Å². The Balaban J connectivity index is 1.86. The van der Waals surface area contributed by atoms with Crippen molar-refractivity contribution in [3.05, 3.63) is 59.8 Å². The summed E-state index contributed by atoms with van der Waals surface area (Å²) < 4.78 is 0. The second kappa shape index (κ2) is 6.12. The first kappa shape index (κ1) is 12.5. The van der Waals surface area contributed by atoms with Gasteiger partial charge in [-0.25, -0.2) is 4.98 Å². The van der Waals surface area contributed by atoms with Crippen LogP contribution in [-0.4, -0.2) is 10.1 Å². The molecule has 0 aliphatic carbocycles. The average Bonchev–Trinajstić information content (AvgIpc) is 2.38. The summed E-state index contributed by atoms with van der Waals surface area (Å²) in [6.07, 6.45) is 1.76. The molecule has 0 aliphatic heterocycles. The van der Waals surface area contributed by atoms with Gasteiger partial charge in [-0.05, 0) is 42.4 Å². The third-order valence-electron chi connectivity index (χ3n) is 2.45. The Morgan fingerprint density at radius 3 is 2.72 bits per heavy atom. The Morgan fingerprint density at radius 1 is 1.22 bits per heavy atom. The van der Waals surface area contributed by atoms with Crippen molar-refractivity contribution in [3.63, 3.8) is 0 Å². The van der Waals surface area contributed by atoms with Gasteiger partial charge in [-0.2, -0.15) is 0 Å². The van der Waals surface area contributed by atoms with Gasteiger partial charge in [0, 0.05) is 12.7 Å². The van der Waals surface area contributed by atoms with Crippen LogP contribution in [0.2, 0.25) is 0 Å². The van der Waals surface area contributed by atoms with Crippen LogP contribution < -0.4 is 10.6 Å². The zero-order valence-corrected chi connectivity index (χ0v) is 11.0. The van der Waals surface area contributed by atoms with Crippen LogP contribution in [0.3, 0.4) is 0 Å². The number of thiocarbonyl (C=S) groups is 1. The fraction of sp³-hybridized carbons (Fsp3) is 0.143. The van der Waals surface area contributed by atoms with Gasteiger partial charge in [-0.1, -0.05) is 30.3 Å². The minimum absolute atomic E-state index is 0.581. The molecule has 4 heteroatoms. The number of aromatic nitrogens is 1. The lowest BCUT2D eigenvalue weighted by Gasteiger charge is -2.10. The SMILES string of the molecule is Cc1ccnc(NC(=S)NCc2ccccc2)c1. The van der Waals surface area contributed by atoms with Gasteiger partial charge < -0.3 is 10.6 Å². The molecule has 0 saturated carbocycles. The maximum Gasteiger partial charge on any atom is 0.172 e. The molecule has 2 rings (SSSR count). The van der Waals surface area contributed by atoms with Crippen molar-refractivity contribution in [2.45, 2.75) is 13.5 Å². The molecular weight excluding hydrogens is 242 g/mol. The summed E-state index contributed by atoms with van der Waals surface area (Å²) in [6.45, 7) is 2.73. The number of hydrogen-bond donors (Lipinski definition) is 2. The molecule has 0 amide bonds. The molecule has 0 unspecified atom stereocenters. The van der Waals surface area contributed by atoms with Crippen LogP contribution in [-0.2, 0) is 6.54 Å². The Bertz CT molecular complexity index is 526. The van der Waals surface area contributed by atoms with Crippen molar-refractivity contribution in [1.29, 1.82) is 0 Å². The first-order valence-electron chi connectivity index (χ1n) is 5.75. The van der Waals surface area contributed by atoms with Crippen molar-refractivity contribution >= 4 is 23.1 Å².